The Bertz CT molecular complexity index is 519. The van der Waals surface area contributed by atoms with E-state index in [4.69, 9.17) is 0 Å². The molecule has 0 fully saturated rings. The van der Waals surface area contributed by atoms with Crippen LogP contribution in [0.5, 0.6) is 0 Å². The highest BCUT2D eigenvalue weighted by Crippen LogP contribution is 2.17. The van der Waals surface area contributed by atoms with E-state index >= 15 is 0 Å². The van der Waals surface area contributed by atoms with Crippen molar-refractivity contribution in [3.05, 3.63) is 57.0 Å². The number of hydrogen-bond acceptors (Lipinski definition) is 2. The van der Waals surface area contributed by atoms with Gasteiger partial charge in [-0.15, -0.1) is 11.3 Å². The minimum Gasteiger partial charge on any atom is -0.308 e. The topological polar surface area (TPSA) is 12.0 Å². The Morgan fingerprint density at radius 3 is 2.78 bits per heavy atom. The number of rotatable bonds is 5. The standard InChI is InChI=1S/C15H18FNS/c1-3-13-6-7-18-15(13)10-17-9-12-5-4-11(2)14(16)8-12/h4-8,17H,3,9-10H2,1-2H3. The molecule has 2 rings (SSSR count). The van der Waals surface area contributed by atoms with Gasteiger partial charge >= 0.3 is 0 Å². The van der Waals surface area contributed by atoms with Crippen molar-refractivity contribution >= 4 is 11.3 Å². The molecule has 0 amide bonds. The fourth-order valence-electron chi connectivity index (χ4n) is 1.90. The van der Waals surface area contributed by atoms with Gasteiger partial charge in [-0.05, 0) is 47.5 Å². The lowest BCUT2D eigenvalue weighted by Crippen LogP contribution is -2.12. The quantitative estimate of drug-likeness (QED) is 0.858. The van der Waals surface area contributed by atoms with Crippen molar-refractivity contribution < 1.29 is 4.39 Å². The minimum absolute atomic E-state index is 0.125. The van der Waals surface area contributed by atoms with Crippen molar-refractivity contribution in [2.75, 3.05) is 0 Å². The second kappa shape index (κ2) is 6.12. The second-order valence-corrected chi connectivity index (χ2v) is 5.41. The molecule has 0 radical (unpaired) electrons. The maximum atomic E-state index is 13.4. The van der Waals surface area contributed by atoms with E-state index in [0.717, 1.165) is 18.5 Å². The van der Waals surface area contributed by atoms with Crippen LogP contribution in [-0.4, -0.2) is 0 Å². The summed E-state index contributed by atoms with van der Waals surface area (Å²) in [5, 5.41) is 5.50. The highest BCUT2D eigenvalue weighted by atomic mass is 32.1. The molecule has 0 bridgehead atoms. The first kappa shape index (κ1) is 13.2. The molecule has 1 N–H and O–H groups in total. The number of aryl methyl sites for hydroxylation is 2. The Morgan fingerprint density at radius 2 is 2.06 bits per heavy atom. The first-order valence-corrected chi connectivity index (χ1v) is 7.09. The fourth-order valence-corrected chi connectivity index (χ4v) is 2.85. The molecular formula is C15H18FNS. The largest absolute Gasteiger partial charge is 0.308 e. The molecule has 3 heteroatoms. The van der Waals surface area contributed by atoms with Gasteiger partial charge in [0.05, 0.1) is 0 Å². The molecule has 0 atom stereocenters. The van der Waals surface area contributed by atoms with E-state index in [1.807, 2.05) is 12.1 Å². The van der Waals surface area contributed by atoms with Gasteiger partial charge in [0.15, 0.2) is 0 Å². The fraction of sp³-hybridized carbons (Fsp3) is 0.333. The van der Waals surface area contributed by atoms with E-state index in [2.05, 4.69) is 23.7 Å². The minimum atomic E-state index is -0.125. The van der Waals surface area contributed by atoms with Crippen LogP contribution in [0.1, 0.15) is 28.5 Å². The van der Waals surface area contributed by atoms with E-state index < -0.39 is 0 Å². The van der Waals surface area contributed by atoms with Gasteiger partial charge in [-0.1, -0.05) is 19.1 Å². The molecule has 0 spiro atoms. The summed E-state index contributed by atoms with van der Waals surface area (Å²) in [5.41, 5.74) is 3.10. The lowest BCUT2D eigenvalue weighted by Gasteiger charge is -2.06. The molecule has 1 aromatic carbocycles. The van der Waals surface area contributed by atoms with Crippen LogP contribution in [0.25, 0.3) is 0 Å². The van der Waals surface area contributed by atoms with Crippen molar-refractivity contribution in [1.29, 1.82) is 0 Å². The molecule has 1 aromatic heterocycles. The Balaban J connectivity index is 1.90. The summed E-state index contributed by atoms with van der Waals surface area (Å²) in [6.07, 6.45) is 1.07. The van der Waals surface area contributed by atoms with Crippen molar-refractivity contribution in [3.8, 4) is 0 Å². The van der Waals surface area contributed by atoms with E-state index in [0.29, 0.717) is 12.1 Å². The lowest BCUT2D eigenvalue weighted by molar-refractivity contribution is 0.611. The lowest BCUT2D eigenvalue weighted by atomic mass is 10.1. The molecule has 0 saturated heterocycles. The van der Waals surface area contributed by atoms with Crippen LogP contribution in [0, 0.1) is 12.7 Å². The average Bonchev–Trinajstić information content (AvgIpc) is 2.81. The zero-order valence-corrected chi connectivity index (χ0v) is 11.6. The molecule has 2 aromatic rings. The van der Waals surface area contributed by atoms with Crippen LogP contribution >= 0.6 is 11.3 Å². The van der Waals surface area contributed by atoms with Crippen LogP contribution in [0.2, 0.25) is 0 Å². The summed E-state index contributed by atoms with van der Waals surface area (Å²) >= 11 is 1.78. The first-order chi connectivity index (χ1) is 8.70. The number of benzene rings is 1. The van der Waals surface area contributed by atoms with Crippen LogP contribution < -0.4 is 5.32 Å². The summed E-state index contributed by atoms with van der Waals surface area (Å²) in [6, 6.07) is 7.58. The zero-order chi connectivity index (χ0) is 13.0. The Kier molecular flexibility index (Phi) is 4.50. The first-order valence-electron chi connectivity index (χ1n) is 6.21. The molecular weight excluding hydrogens is 245 g/mol. The normalized spacial score (nSPS) is 10.8. The van der Waals surface area contributed by atoms with Crippen LogP contribution in [0.4, 0.5) is 4.39 Å². The molecule has 0 aliphatic rings. The molecule has 18 heavy (non-hydrogen) atoms. The zero-order valence-electron chi connectivity index (χ0n) is 10.8. The molecule has 1 heterocycles. The molecule has 0 saturated carbocycles. The Morgan fingerprint density at radius 1 is 1.22 bits per heavy atom. The number of nitrogens with one attached hydrogen (secondary N) is 1. The summed E-state index contributed by atoms with van der Waals surface area (Å²) < 4.78 is 13.4. The van der Waals surface area contributed by atoms with Gasteiger partial charge in [-0.3, -0.25) is 0 Å². The predicted octanol–water partition coefficient (Wildman–Crippen LogP) is 4.05. The van der Waals surface area contributed by atoms with Gasteiger partial charge in [0, 0.05) is 18.0 Å². The summed E-state index contributed by atoms with van der Waals surface area (Å²) in [6.45, 7) is 5.52. The van der Waals surface area contributed by atoms with Crippen molar-refractivity contribution in [2.24, 2.45) is 0 Å². The van der Waals surface area contributed by atoms with Gasteiger partial charge in [-0.2, -0.15) is 0 Å². The summed E-state index contributed by atoms with van der Waals surface area (Å²) in [7, 11) is 0. The van der Waals surface area contributed by atoms with Gasteiger partial charge in [0.2, 0.25) is 0 Å². The van der Waals surface area contributed by atoms with E-state index in [1.54, 1.807) is 24.3 Å². The van der Waals surface area contributed by atoms with Gasteiger partial charge in [0.25, 0.3) is 0 Å². The predicted molar refractivity (Wildman–Crippen MR) is 75.4 cm³/mol. The van der Waals surface area contributed by atoms with Crippen molar-refractivity contribution in [1.82, 2.24) is 5.32 Å². The molecule has 0 aliphatic heterocycles. The molecule has 96 valence electrons. The third-order valence-corrected chi connectivity index (χ3v) is 4.03. The Labute approximate surface area is 112 Å². The average molecular weight is 263 g/mol. The smallest absolute Gasteiger partial charge is 0.126 e. The Hall–Kier alpha value is -1.19. The van der Waals surface area contributed by atoms with Crippen LogP contribution in [0.3, 0.4) is 0 Å². The molecule has 0 aliphatic carbocycles. The third kappa shape index (κ3) is 3.18. The number of thiophene rings is 1. The van der Waals surface area contributed by atoms with Gasteiger partial charge < -0.3 is 5.32 Å². The maximum Gasteiger partial charge on any atom is 0.126 e. The van der Waals surface area contributed by atoms with E-state index in [1.165, 1.54) is 10.4 Å². The summed E-state index contributed by atoms with van der Waals surface area (Å²) in [4.78, 5) is 1.38. The molecule has 0 unspecified atom stereocenters. The SMILES string of the molecule is CCc1ccsc1CNCc1ccc(C)c(F)c1. The third-order valence-electron chi connectivity index (χ3n) is 3.07. The highest BCUT2D eigenvalue weighted by Gasteiger charge is 2.03. The number of hydrogen-bond donors (Lipinski definition) is 1. The highest BCUT2D eigenvalue weighted by molar-refractivity contribution is 7.10. The van der Waals surface area contributed by atoms with Gasteiger partial charge in [0.1, 0.15) is 5.82 Å². The van der Waals surface area contributed by atoms with Crippen molar-refractivity contribution in [3.63, 3.8) is 0 Å². The molecule has 1 nitrogen and oxygen atoms in total. The monoisotopic (exact) mass is 263 g/mol. The summed E-state index contributed by atoms with van der Waals surface area (Å²) in [5.74, 6) is -0.125. The van der Waals surface area contributed by atoms with Crippen LogP contribution in [0.15, 0.2) is 29.6 Å². The van der Waals surface area contributed by atoms with Crippen molar-refractivity contribution in [2.45, 2.75) is 33.4 Å². The van der Waals surface area contributed by atoms with E-state index in [-0.39, 0.29) is 5.82 Å². The maximum absolute atomic E-state index is 13.4. The van der Waals surface area contributed by atoms with E-state index in [9.17, 15) is 4.39 Å². The second-order valence-electron chi connectivity index (χ2n) is 4.41. The van der Waals surface area contributed by atoms with Crippen LogP contribution in [-0.2, 0) is 19.5 Å². The van der Waals surface area contributed by atoms with Gasteiger partial charge in [-0.25, -0.2) is 4.39 Å². The number of halogens is 1.